The minimum Gasteiger partial charge on any atom is -0.358 e. The number of hydrogen-bond acceptors (Lipinski definition) is 3. The third kappa shape index (κ3) is 5.86. The molecule has 0 fully saturated rings. The van der Waals surface area contributed by atoms with Crippen molar-refractivity contribution in [2.75, 3.05) is 11.4 Å². The van der Waals surface area contributed by atoms with E-state index in [-0.39, 0.29) is 0 Å². The minimum atomic E-state index is 0.292. The number of hydrogen-bond donors (Lipinski definition) is 0. The van der Waals surface area contributed by atoms with E-state index in [0.717, 1.165) is 19.4 Å². The molecule has 0 bridgehead atoms. The van der Waals surface area contributed by atoms with Gasteiger partial charge in [-0.05, 0) is 86.8 Å². The van der Waals surface area contributed by atoms with Gasteiger partial charge in [0.1, 0.15) is 11.2 Å². The molecule has 5 rings (SSSR count). The van der Waals surface area contributed by atoms with E-state index in [1.165, 1.54) is 74.7 Å². The van der Waals surface area contributed by atoms with E-state index in [2.05, 4.69) is 111 Å². The fraction of sp³-hybridized carbons (Fsp3) is 0.485. The highest BCUT2D eigenvalue weighted by molar-refractivity contribution is 8.00. The van der Waals surface area contributed by atoms with E-state index < -0.39 is 0 Å². The molecule has 0 saturated heterocycles. The first-order chi connectivity index (χ1) is 17.8. The van der Waals surface area contributed by atoms with Gasteiger partial charge in [-0.15, -0.1) is 0 Å². The summed E-state index contributed by atoms with van der Waals surface area (Å²) in [5, 5.41) is 1.88. The lowest BCUT2D eigenvalue weighted by Gasteiger charge is -2.34. The number of fused-ring (bicyclic) bond motifs is 2. The molecule has 1 unspecified atom stereocenters. The van der Waals surface area contributed by atoms with Crippen molar-refractivity contribution in [3.8, 4) is 0 Å². The average molecular weight is 532 g/mol. The zero-order valence-electron chi connectivity index (χ0n) is 23.6. The van der Waals surface area contributed by atoms with Gasteiger partial charge >= 0.3 is 0 Å². The summed E-state index contributed by atoms with van der Waals surface area (Å²) in [5.74, 6) is 0. The van der Waals surface area contributed by atoms with Gasteiger partial charge in [0, 0.05) is 23.6 Å². The van der Waals surface area contributed by atoms with Gasteiger partial charge in [0.15, 0.2) is 0 Å². The maximum atomic E-state index is 2.71. The summed E-state index contributed by atoms with van der Waals surface area (Å²) in [6.45, 7) is 16.1. The molecule has 1 aliphatic heterocycles. The molecule has 0 N–H and O–H groups in total. The maximum Gasteiger partial charge on any atom is 0.263 e. The van der Waals surface area contributed by atoms with Crippen LogP contribution in [-0.2, 0) is 6.54 Å². The Labute approximate surface area is 232 Å². The second-order valence-electron chi connectivity index (χ2n) is 11.8. The Morgan fingerprint density at radius 2 is 1.81 bits per heavy atom. The van der Waals surface area contributed by atoms with Gasteiger partial charge in [0.05, 0.1) is 11.1 Å². The van der Waals surface area contributed by atoms with Crippen LogP contribution in [0.3, 0.4) is 0 Å². The number of allylic oxidation sites excluding steroid dienone is 2. The van der Waals surface area contributed by atoms with Gasteiger partial charge < -0.3 is 4.90 Å². The molecule has 1 aromatic heterocycles. The van der Waals surface area contributed by atoms with Crippen LogP contribution in [0.1, 0.15) is 82.4 Å². The fourth-order valence-electron chi connectivity index (χ4n) is 6.11. The van der Waals surface area contributed by atoms with E-state index in [0.29, 0.717) is 10.8 Å². The summed E-state index contributed by atoms with van der Waals surface area (Å²) in [7, 11) is 0. The van der Waals surface area contributed by atoms with Crippen LogP contribution in [0.4, 0.5) is 5.69 Å². The molecule has 2 heterocycles. The summed E-state index contributed by atoms with van der Waals surface area (Å²) in [6, 6.07) is 13.9. The molecule has 2 aromatic carbocycles. The Hall–Kier alpha value is -2.04. The van der Waals surface area contributed by atoms with Gasteiger partial charge in [0.25, 0.3) is 5.01 Å². The normalized spacial score (nSPS) is 20.1. The molecule has 0 saturated carbocycles. The Kier molecular flexibility index (Phi) is 7.88. The van der Waals surface area contributed by atoms with E-state index in [9.17, 15) is 0 Å². The fourth-order valence-corrected chi connectivity index (χ4v) is 8.91. The van der Waals surface area contributed by atoms with Crippen molar-refractivity contribution in [3.05, 3.63) is 69.8 Å². The molecule has 37 heavy (non-hydrogen) atoms. The third-order valence-electron chi connectivity index (χ3n) is 7.76. The molecular weight excluding hydrogens is 489 g/mol. The predicted octanol–water partition coefficient (Wildman–Crippen LogP) is 9.47. The largest absolute Gasteiger partial charge is 0.358 e. The van der Waals surface area contributed by atoms with Crippen molar-refractivity contribution in [3.63, 3.8) is 0 Å². The lowest BCUT2D eigenvalue weighted by molar-refractivity contribution is -0.665. The zero-order valence-corrected chi connectivity index (χ0v) is 25.2. The number of aryl methyl sites for hydroxylation is 3. The summed E-state index contributed by atoms with van der Waals surface area (Å²) in [6.07, 6.45) is 12.4. The van der Waals surface area contributed by atoms with Crippen molar-refractivity contribution < 1.29 is 4.57 Å². The van der Waals surface area contributed by atoms with Gasteiger partial charge in [-0.1, -0.05) is 80.5 Å². The number of aromatic nitrogens is 1. The van der Waals surface area contributed by atoms with E-state index in [1.807, 2.05) is 11.3 Å². The lowest BCUT2D eigenvalue weighted by Crippen LogP contribution is -2.33. The van der Waals surface area contributed by atoms with Crippen molar-refractivity contribution >= 4 is 45.1 Å². The van der Waals surface area contributed by atoms with Gasteiger partial charge in [-0.25, -0.2) is 0 Å². The summed E-state index contributed by atoms with van der Waals surface area (Å²) in [4.78, 5) is 4.18. The van der Waals surface area contributed by atoms with Crippen LogP contribution in [0.25, 0.3) is 16.3 Å². The summed E-state index contributed by atoms with van der Waals surface area (Å²) in [5.41, 5.74) is 8.92. The molecule has 2 aliphatic rings. The Morgan fingerprint density at radius 3 is 2.59 bits per heavy atom. The smallest absolute Gasteiger partial charge is 0.263 e. The van der Waals surface area contributed by atoms with Crippen LogP contribution in [0.15, 0.2) is 58.5 Å². The Balaban J connectivity index is 1.45. The van der Waals surface area contributed by atoms with Crippen molar-refractivity contribution in [1.82, 2.24) is 0 Å². The second-order valence-corrected chi connectivity index (χ2v) is 14.1. The SMILES string of the molecule is CCCCCN1c2ccc(C)cc2SC1CC1=C/C(=C/c2sc3cc(C)ccc3[n+]2CC)CC(C)(C)C1. The van der Waals surface area contributed by atoms with Crippen molar-refractivity contribution in [2.24, 2.45) is 5.41 Å². The topological polar surface area (TPSA) is 7.12 Å². The van der Waals surface area contributed by atoms with Crippen LogP contribution in [0.2, 0.25) is 0 Å². The molecular formula is C33H43N2S2+. The number of anilines is 1. The molecule has 196 valence electrons. The number of thiazole rings is 1. The highest BCUT2D eigenvalue weighted by atomic mass is 32.2. The van der Waals surface area contributed by atoms with Crippen LogP contribution in [0.5, 0.6) is 0 Å². The molecule has 1 atom stereocenters. The first kappa shape index (κ1) is 26.6. The molecule has 0 amide bonds. The number of benzene rings is 2. The second kappa shape index (κ2) is 11.0. The highest BCUT2D eigenvalue weighted by Crippen LogP contribution is 2.48. The monoisotopic (exact) mass is 531 g/mol. The number of thioether (sulfide) groups is 1. The molecule has 2 nitrogen and oxygen atoms in total. The summed E-state index contributed by atoms with van der Waals surface area (Å²) < 4.78 is 3.88. The Morgan fingerprint density at radius 1 is 1.03 bits per heavy atom. The first-order valence-corrected chi connectivity index (χ1v) is 15.8. The molecule has 3 aromatic rings. The quantitative estimate of drug-likeness (QED) is 0.211. The van der Waals surface area contributed by atoms with Crippen LogP contribution in [-0.4, -0.2) is 11.9 Å². The van der Waals surface area contributed by atoms with E-state index >= 15 is 0 Å². The molecule has 0 spiro atoms. The van der Waals surface area contributed by atoms with Crippen LogP contribution in [0, 0.1) is 19.3 Å². The van der Waals surface area contributed by atoms with Crippen LogP contribution < -0.4 is 9.47 Å². The number of rotatable bonds is 8. The minimum absolute atomic E-state index is 0.292. The van der Waals surface area contributed by atoms with E-state index in [4.69, 9.17) is 0 Å². The van der Waals surface area contributed by atoms with Gasteiger partial charge in [0.2, 0.25) is 5.52 Å². The third-order valence-corrected chi connectivity index (χ3v) is 10.1. The molecule has 4 heteroatoms. The average Bonchev–Trinajstić information content (AvgIpc) is 3.33. The highest BCUT2D eigenvalue weighted by Gasteiger charge is 2.33. The van der Waals surface area contributed by atoms with Crippen molar-refractivity contribution in [1.29, 1.82) is 0 Å². The van der Waals surface area contributed by atoms with Gasteiger partial charge in [-0.3, -0.25) is 0 Å². The number of unbranched alkanes of at least 4 members (excludes halogenated alkanes) is 2. The Bertz CT molecular complexity index is 1340. The van der Waals surface area contributed by atoms with Crippen LogP contribution >= 0.6 is 23.1 Å². The van der Waals surface area contributed by atoms with E-state index in [1.54, 1.807) is 5.57 Å². The summed E-state index contributed by atoms with van der Waals surface area (Å²) >= 11 is 4.03. The number of nitrogens with zero attached hydrogens (tertiary/aromatic N) is 2. The zero-order chi connectivity index (χ0) is 26.2. The molecule has 0 radical (unpaired) electrons. The predicted molar refractivity (Wildman–Crippen MR) is 164 cm³/mol. The molecule has 1 aliphatic carbocycles. The van der Waals surface area contributed by atoms with Gasteiger partial charge in [-0.2, -0.15) is 4.57 Å². The maximum absolute atomic E-state index is 2.71. The standard InChI is InChI=1S/C33H43N2S2/c1-7-9-10-15-35-28-14-12-24(4)17-30(28)37-32(35)20-26-18-25(21-33(5,6)22-26)19-31-34(8-2)27-13-11-23(3)16-29(27)36-31/h11-14,16-19,32H,7-10,15,20-22H2,1-6H3/q+1/b25-19-. The first-order valence-electron chi connectivity index (χ1n) is 14.1. The van der Waals surface area contributed by atoms with Crippen molar-refractivity contribution in [2.45, 2.75) is 96.9 Å². The lowest BCUT2D eigenvalue weighted by atomic mass is 9.74.